The summed E-state index contributed by atoms with van der Waals surface area (Å²) in [5.41, 5.74) is 1.000. The molecule has 15 heavy (non-hydrogen) atoms. The molecule has 0 aliphatic rings. The van der Waals surface area contributed by atoms with E-state index in [0.29, 0.717) is 11.3 Å². The highest BCUT2D eigenvalue weighted by Gasteiger charge is 2.05. The predicted molar refractivity (Wildman–Crippen MR) is 57.0 cm³/mol. The minimum Gasteiger partial charge on any atom is -0.373 e. The molecule has 4 heteroatoms. The summed E-state index contributed by atoms with van der Waals surface area (Å²) in [5, 5.41) is 2.89. The molecule has 0 saturated carbocycles. The van der Waals surface area contributed by atoms with Crippen molar-refractivity contribution in [3.8, 4) is 11.3 Å². The maximum Gasteiger partial charge on any atom is 0.149 e. The van der Waals surface area contributed by atoms with Crippen molar-refractivity contribution in [2.75, 3.05) is 12.4 Å². The summed E-state index contributed by atoms with van der Waals surface area (Å²) >= 11 is 0. The minimum atomic E-state index is -0.337. The van der Waals surface area contributed by atoms with Gasteiger partial charge in [0, 0.05) is 25.0 Å². The van der Waals surface area contributed by atoms with Crippen LogP contribution in [0, 0.1) is 5.82 Å². The summed E-state index contributed by atoms with van der Waals surface area (Å²) in [6.07, 6.45) is 3.15. The lowest BCUT2D eigenvalue weighted by Gasteiger charge is -2.02. The molecule has 3 nitrogen and oxygen atoms in total. The number of pyridine rings is 2. The van der Waals surface area contributed by atoms with Crippen molar-refractivity contribution in [1.29, 1.82) is 0 Å². The van der Waals surface area contributed by atoms with E-state index in [1.165, 1.54) is 6.07 Å². The molecule has 0 amide bonds. The molecule has 0 aliphatic heterocycles. The molecule has 0 bridgehead atoms. The van der Waals surface area contributed by atoms with Gasteiger partial charge in [-0.25, -0.2) is 9.37 Å². The predicted octanol–water partition coefficient (Wildman–Crippen LogP) is 2.32. The molecule has 0 atom stereocenters. The normalized spacial score (nSPS) is 10.0. The van der Waals surface area contributed by atoms with Crippen molar-refractivity contribution in [1.82, 2.24) is 9.97 Å². The topological polar surface area (TPSA) is 37.8 Å². The molecule has 2 rings (SSSR count). The molecular weight excluding hydrogens is 193 g/mol. The first-order valence-electron chi connectivity index (χ1n) is 4.56. The quantitative estimate of drug-likeness (QED) is 0.813. The third-order valence-corrected chi connectivity index (χ3v) is 2.05. The Hall–Kier alpha value is -1.97. The number of hydrogen-bond donors (Lipinski definition) is 1. The maximum absolute atomic E-state index is 13.4. The molecule has 1 N–H and O–H groups in total. The van der Waals surface area contributed by atoms with E-state index < -0.39 is 0 Å². The van der Waals surface area contributed by atoms with Crippen LogP contribution in [-0.2, 0) is 0 Å². The van der Waals surface area contributed by atoms with Crippen molar-refractivity contribution in [3.63, 3.8) is 0 Å². The standard InChI is InChI=1S/C11H10FN3/c1-13-10-5-4-8(7-15-10)11-9(12)3-2-6-14-11/h2-7H,1H3,(H,13,15). The zero-order chi connectivity index (χ0) is 10.7. The summed E-state index contributed by atoms with van der Waals surface area (Å²) < 4.78 is 13.4. The number of nitrogens with one attached hydrogen (secondary N) is 1. The molecule has 0 aliphatic carbocycles. The lowest BCUT2D eigenvalue weighted by molar-refractivity contribution is 0.625. The Morgan fingerprint density at radius 2 is 2.07 bits per heavy atom. The molecule has 2 aromatic rings. The van der Waals surface area contributed by atoms with Crippen LogP contribution >= 0.6 is 0 Å². The molecule has 2 heterocycles. The average Bonchev–Trinajstić information content (AvgIpc) is 2.30. The van der Waals surface area contributed by atoms with Crippen LogP contribution in [0.15, 0.2) is 36.7 Å². The third kappa shape index (κ3) is 1.93. The van der Waals surface area contributed by atoms with Crippen LogP contribution in [-0.4, -0.2) is 17.0 Å². The first kappa shape index (κ1) is 9.58. The largest absolute Gasteiger partial charge is 0.373 e. The second-order valence-corrected chi connectivity index (χ2v) is 3.02. The minimum absolute atomic E-state index is 0.327. The van der Waals surface area contributed by atoms with Gasteiger partial charge in [-0.2, -0.15) is 0 Å². The van der Waals surface area contributed by atoms with Gasteiger partial charge in [0.2, 0.25) is 0 Å². The van der Waals surface area contributed by atoms with Crippen LogP contribution < -0.4 is 5.32 Å². The number of rotatable bonds is 2. The van der Waals surface area contributed by atoms with Gasteiger partial charge in [-0.3, -0.25) is 4.98 Å². The first-order chi connectivity index (χ1) is 7.31. The fourth-order valence-electron chi connectivity index (χ4n) is 1.28. The zero-order valence-electron chi connectivity index (χ0n) is 8.24. The van der Waals surface area contributed by atoms with Crippen molar-refractivity contribution >= 4 is 5.82 Å². The highest BCUT2D eigenvalue weighted by molar-refractivity contribution is 5.59. The summed E-state index contributed by atoms with van der Waals surface area (Å²) in [6, 6.07) is 6.51. The van der Waals surface area contributed by atoms with Crippen molar-refractivity contribution in [2.45, 2.75) is 0 Å². The Labute approximate surface area is 87.0 Å². The summed E-state index contributed by atoms with van der Waals surface area (Å²) in [5.74, 6) is 0.409. The summed E-state index contributed by atoms with van der Waals surface area (Å²) in [7, 11) is 1.78. The molecule has 0 spiro atoms. The van der Waals surface area contributed by atoms with E-state index in [-0.39, 0.29) is 5.82 Å². The second kappa shape index (κ2) is 4.04. The van der Waals surface area contributed by atoms with E-state index in [9.17, 15) is 4.39 Å². The number of halogens is 1. The van der Waals surface area contributed by atoms with Crippen LogP contribution in [0.3, 0.4) is 0 Å². The van der Waals surface area contributed by atoms with Gasteiger partial charge in [0.15, 0.2) is 0 Å². The monoisotopic (exact) mass is 203 g/mol. The number of aromatic nitrogens is 2. The fraction of sp³-hybridized carbons (Fsp3) is 0.0909. The third-order valence-electron chi connectivity index (χ3n) is 2.05. The van der Waals surface area contributed by atoms with Crippen molar-refractivity contribution in [3.05, 3.63) is 42.5 Å². The zero-order valence-corrected chi connectivity index (χ0v) is 8.24. The van der Waals surface area contributed by atoms with E-state index in [0.717, 1.165) is 5.82 Å². The van der Waals surface area contributed by atoms with Gasteiger partial charge in [-0.05, 0) is 24.3 Å². The molecule has 0 radical (unpaired) electrons. The van der Waals surface area contributed by atoms with Crippen LogP contribution in [0.4, 0.5) is 10.2 Å². The number of hydrogen-bond acceptors (Lipinski definition) is 3. The van der Waals surface area contributed by atoms with Gasteiger partial charge in [-0.1, -0.05) is 0 Å². The van der Waals surface area contributed by atoms with Crippen LogP contribution in [0.2, 0.25) is 0 Å². The van der Waals surface area contributed by atoms with Gasteiger partial charge in [0.25, 0.3) is 0 Å². The van der Waals surface area contributed by atoms with Gasteiger partial charge in [-0.15, -0.1) is 0 Å². The van der Waals surface area contributed by atoms with Crippen molar-refractivity contribution < 1.29 is 4.39 Å². The lowest BCUT2D eigenvalue weighted by atomic mass is 10.2. The number of nitrogens with zero attached hydrogens (tertiary/aromatic N) is 2. The Balaban J connectivity index is 2.42. The molecule has 76 valence electrons. The summed E-state index contributed by atoms with van der Waals surface area (Å²) in [4.78, 5) is 8.07. The first-order valence-corrected chi connectivity index (χ1v) is 4.56. The Kier molecular flexibility index (Phi) is 2.58. The summed E-state index contributed by atoms with van der Waals surface area (Å²) in [6.45, 7) is 0. The molecule has 0 aromatic carbocycles. The molecule has 0 saturated heterocycles. The Morgan fingerprint density at radius 3 is 2.67 bits per heavy atom. The van der Waals surface area contributed by atoms with E-state index in [1.54, 1.807) is 37.6 Å². The molecular formula is C11H10FN3. The average molecular weight is 203 g/mol. The van der Waals surface area contributed by atoms with E-state index in [4.69, 9.17) is 0 Å². The van der Waals surface area contributed by atoms with Crippen molar-refractivity contribution in [2.24, 2.45) is 0 Å². The maximum atomic E-state index is 13.4. The highest BCUT2D eigenvalue weighted by Crippen LogP contribution is 2.19. The fourth-order valence-corrected chi connectivity index (χ4v) is 1.28. The van der Waals surface area contributed by atoms with E-state index in [2.05, 4.69) is 15.3 Å². The SMILES string of the molecule is CNc1ccc(-c2ncccc2F)cn1. The molecule has 0 unspecified atom stereocenters. The number of anilines is 1. The second-order valence-electron chi connectivity index (χ2n) is 3.02. The van der Waals surface area contributed by atoms with E-state index in [1.807, 2.05) is 0 Å². The smallest absolute Gasteiger partial charge is 0.149 e. The van der Waals surface area contributed by atoms with Crippen LogP contribution in [0.1, 0.15) is 0 Å². The van der Waals surface area contributed by atoms with Gasteiger partial charge in [0.05, 0.1) is 0 Å². The Bertz CT molecular complexity index is 454. The molecule has 2 aromatic heterocycles. The van der Waals surface area contributed by atoms with Gasteiger partial charge >= 0.3 is 0 Å². The van der Waals surface area contributed by atoms with Crippen LogP contribution in [0.25, 0.3) is 11.3 Å². The lowest BCUT2D eigenvalue weighted by Crippen LogP contribution is -1.93. The van der Waals surface area contributed by atoms with Gasteiger partial charge in [0.1, 0.15) is 17.3 Å². The highest BCUT2D eigenvalue weighted by atomic mass is 19.1. The van der Waals surface area contributed by atoms with Crippen LogP contribution in [0.5, 0.6) is 0 Å². The van der Waals surface area contributed by atoms with E-state index >= 15 is 0 Å². The Morgan fingerprint density at radius 1 is 1.20 bits per heavy atom. The van der Waals surface area contributed by atoms with Gasteiger partial charge < -0.3 is 5.32 Å². The molecule has 0 fully saturated rings.